The topological polar surface area (TPSA) is 59.5 Å². The Morgan fingerprint density at radius 2 is 1.86 bits per heavy atom. The van der Waals surface area contributed by atoms with Crippen LogP contribution in [0.15, 0.2) is 77.5 Å². The highest BCUT2D eigenvalue weighted by molar-refractivity contribution is 7.78. The summed E-state index contributed by atoms with van der Waals surface area (Å²) in [5.74, 6) is -1.99. The number of hydrogen-bond acceptors (Lipinski definition) is 6. The number of pyridine rings is 1. The molecular formula is C26H17Cl2FN2O3S2. The van der Waals surface area contributed by atoms with Gasteiger partial charge in [0.1, 0.15) is 23.0 Å². The van der Waals surface area contributed by atoms with Crippen molar-refractivity contribution in [1.29, 1.82) is 0 Å². The van der Waals surface area contributed by atoms with Crippen molar-refractivity contribution in [1.82, 2.24) is 9.29 Å². The third-order valence-electron chi connectivity index (χ3n) is 6.05. The first kappa shape index (κ1) is 24.8. The predicted octanol–water partition coefficient (Wildman–Crippen LogP) is 7.05. The van der Waals surface area contributed by atoms with E-state index in [1.54, 1.807) is 42.5 Å². The van der Waals surface area contributed by atoms with Crippen molar-refractivity contribution in [2.45, 2.75) is 17.9 Å². The number of thiophene rings is 1. The fourth-order valence-electron chi connectivity index (χ4n) is 4.33. The van der Waals surface area contributed by atoms with Crippen LogP contribution in [0.4, 0.5) is 4.39 Å². The van der Waals surface area contributed by atoms with Crippen LogP contribution in [0.2, 0.25) is 10.0 Å². The van der Waals surface area contributed by atoms with E-state index < -0.39 is 23.2 Å². The zero-order chi connectivity index (χ0) is 25.4. The molecule has 0 saturated carbocycles. The van der Waals surface area contributed by atoms with Gasteiger partial charge in [-0.3, -0.25) is 13.9 Å². The van der Waals surface area contributed by atoms with Crippen molar-refractivity contribution >= 4 is 59.0 Å². The van der Waals surface area contributed by atoms with Crippen LogP contribution in [0.25, 0.3) is 0 Å². The number of piperidine rings is 1. The number of Topliss-reactive ketones (excluding diaryl/α,β-unsaturated/α-hetero) is 1. The number of ether oxygens (including phenoxy) is 1. The molecule has 2 unspecified atom stereocenters. The highest BCUT2D eigenvalue weighted by Crippen LogP contribution is 2.48. The summed E-state index contributed by atoms with van der Waals surface area (Å²) in [6, 6.07) is 17.6. The van der Waals surface area contributed by atoms with E-state index in [9.17, 15) is 14.0 Å². The highest BCUT2D eigenvalue weighted by atomic mass is 35.5. The minimum atomic E-state index is -1.28. The van der Waals surface area contributed by atoms with Crippen LogP contribution in [-0.2, 0) is 15.1 Å². The number of carbonyl (C=O) groups is 2. The van der Waals surface area contributed by atoms with Crippen LogP contribution in [0.1, 0.15) is 29.2 Å². The zero-order valence-electron chi connectivity index (χ0n) is 18.4. The second kappa shape index (κ2) is 9.86. The maximum absolute atomic E-state index is 13.7. The van der Waals surface area contributed by atoms with Gasteiger partial charge in [0, 0.05) is 23.6 Å². The summed E-state index contributed by atoms with van der Waals surface area (Å²) < 4.78 is 20.6. The summed E-state index contributed by atoms with van der Waals surface area (Å²) in [5.41, 5.74) is 0.233. The van der Waals surface area contributed by atoms with Crippen molar-refractivity contribution in [3.8, 4) is 11.6 Å². The Kier molecular flexibility index (Phi) is 6.78. The summed E-state index contributed by atoms with van der Waals surface area (Å²) in [6.45, 7) is 0. The molecule has 182 valence electrons. The van der Waals surface area contributed by atoms with E-state index in [2.05, 4.69) is 17.8 Å². The monoisotopic (exact) mass is 558 g/mol. The number of benzene rings is 2. The first-order chi connectivity index (χ1) is 17.3. The normalized spacial score (nSPS) is 20.0. The molecule has 3 heterocycles. The maximum atomic E-state index is 13.7. The number of rotatable bonds is 5. The molecule has 0 radical (unpaired) electrons. The van der Waals surface area contributed by atoms with Gasteiger partial charge in [0.05, 0.1) is 10.7 Å². The summed E-state index contributed by atoms with van der Waals surface area (Å²) in [6.07, 6.45) is -0.0757. The lowest BCUT2D eigenvalue weighted by molar-refractivity contribution is -0.142. The van der Waals surface area contributed by atoms with E-state index in [0.717, 1.165) is 0 Å². The first-order valence-corrected chi connectivity index (χ1v) is 12.8. The predicted molar refractivity (Wildman–Crippen MR) is 140 cm³/mol. The van der Waals surface area contributed by atoms with E-state index in [0.29, 0.717) is 21.8 Å². The number of ketones is 1. The quantitative estimate of drug-likeness (QED) is 0.210. The number of nitrogens with zero attached hydrogens (tertiary/aromatic N) is 2. The average molecular weight is 559 g/mol. The molecule has 1 amide bonds. The van der Waals surface area contributed by atoms with Gasteiger partial charge in [-0.25, -0.2) is 9.37 Å². The second-order valence-electron chi connectivity index (χ2n) is 8.16. The van der Waals surface area contributed by atoms with Crippen LogP contribution < -0.4 is 4.74 Å². The van der Waals surface area contributed by atoms with Crippen molar-refractivity contribution in [3.05, 3.63) is 110 Å². The van der Waals surface area contributed by atoms with Gasteiger partial charge >= 0.3 is 0 Å². The molecule has 1 fully saturated rings. The third kappa shape index (κ3) is 4.28. The van der Waals surface area contributed by atoms with E-state index in [1.165, 1.54) is 33.8 Å². The largest absolute Gasteiger partial charge is 0.439 e. The molecule has 0 N–H and O–H groups in total. The van der Waals surface area contributed by atoms with Crippen LogP contribution in [0, 0.1) is 5.82 Å². The standard InChI is InChI=1S/C26H17Cl2FN2O3S2/c27-18-5-2-1-4-17(18)24-21(32)13-26(31(35)25(24)33,15-10-11-36-14-15)22-6-3-7-23(30-22)34-16-8-9-20(29)19(28)12-16/h1-12,14,24,35H,13H2. The lowest BCUT2D eigenvalue weighted by atomic mass is 9.75. The Hall–Kier alpha value is -2.91. The van der Waals surface area contributed by atoms with Crippen LogP contribution in [-0.4, -0.2) is 21.0 Å². The van der Waals surface area contributed by atoms with Crippen molar-refractivity contribution < 1.29 is 18.7 Å². The maximum Gasteiger partial charge on any atom is 0.248 e. The Morgan fingerprint density at radius 3 is 2.58 bits per heavy atom. The lowest BCUT2D eigenvalue weighted by Crippen LogP contribution is -2.54. The third-order valence-corrected chi connectivity index (χ3v) is 7.90. The van der Waals surface area contributed by atoms with E-state index in [1.807, 2.05) is 16.8 Å². The Bertz CT molecular complexity index is 1470. The fourth-order valence-corrected chi connectivity index (χ4v) is 5.87. The Labute approximate surface area is 226 Å². The molecule has 4 aromatic rings. The zero-order valence-corrected chi connectivity index (χ0v) is 21.6. The number of amides is 1. The Morgan fingerprint density at radius 1 is 1.06 bits per heavy atom. The summed E-state index contributed by atoms with van der Waals surface area (Å²) in [5, 5.41) is 3.96. The van der Waals surface area contributed by atoms with Gasteiger partial charge in [-0.15, -0.1) is 0 Å². The molecule has 1 aliphatic rings. The van der Waals surface area contributed by atoms with Gasteiger partial charge in [-0.1, -0.05) is 60.3 Å². The van der Waals surface area contributed by atoms with E-state index in [-0.39, 0.29) is 28.9 Å². The second-order valence-corrected chi connectivity index (χ2v) is 10.2. The first-order valence-electron chi connectivity index (χ1n) is 10.7. The summed E-state index contributed by atoms with van der Waals surface area (Å²) >= 11 is 18.3. The van der Waals surface area contributed by atoms with Crippen molar-refractivity contribution in [3.63, 3.8) is 0 Å². The molecule has 2 aromatic heterocycles. The number of carbonyl (C=O) groups excluding carboxylic acids is 2. The number of hydrogen-bond donors (Lipinski definition) is 1. The van der Waals surface area contributed by atoms with Crippen molar-refractivity contribution in [2.24, 2.45) is 0 Å². The van der Waals surface area contributed by atoms with Gasteiger partial charge in [-0.2, -0.15) is 11.3 Å². The molecule has 0 aliphatic carbocycles. The van der Waals surface area contributed by atoms with Crippen molar-refractivity contribution in [2.75, 3.05) is 0 Å². The summed E-state index contributed by atoms with van der Waals surface area (Å²) in [7, 11) is 0. The number of thiol groups is 1. The Balaban J connectivity index is 1.58. The van der Waals surface area contributed by atoms with E-state index in [4.69, 9.17) is 27.9 Å². The van der Waals surface area contributed by atoms with Gasteiger partial charge in [0.25, 0.3) is 0 Å². The van der Waals surface area contributed by atoms with Crippen LogP contribution in [0.3, 0.4) is 0 Å². The molecule has 5 rings (SSSR count). The minimum Gasteiger partial charge on any atom is -0.439 e. The molecule has 0 bridgehead atoms. The smallest absolute Gasteiger partial charge is 0.248 e. The average Bonchev–Trinajstić information content (AvgIpc) is 3.41. The summed E-state index contributed by atoms with van der Waals surface area (Å²) in [4.78, 5) is 31.9. The molecule has 2 atom stereocenters. The van der Waals surface area contributed by atoms with Gasteiger partial charge in [0.15, 0.2) is 5.78 Å². The molecule has 1 aliphatic heterocycles. The molecule has 0 spiro atoms. The van der Waals surface area contributed by atoms with E-state index >= 15 is 0 Å². The van der Waals surface area contributed by atoms with Crippen LogP contribution in [0.5, 0.6) is 11.6 Å². The molecule has 10 heteroatoms. The van der Waals surface area contributed by atoms with Gasteiger partial charge < -0.3 is 4.74 Å². The highest BCUT2D eigenvalue weighted by Gasteiger charge is 2.53. The van der Waals surface area contributed by atoms with Gasteiger partial charge in [-0.05, 0) is 52.2 Å². The van der Waals surface area contributed by atoms with Crippen LogP contribution >= 0.6 is 47.4 Å². The molecule has 5 nitrogen and oxygen atoms in total. The lowest BCUT2D eigenvalue weighted by Gasteiger charge is -2.45. The molecule has 1 saturated heterocycles. The minimum absolute atomic E-state index is 0.0757. The number of aromatic nitrogens is 1. The molecule has 36 heavy (non-hydrogen) atoms. The van der Waals surface area contributed by atoms with Gasteiger partial charge in [0.2, 0.25) is 11.8 Å². The molecular weight excluding hydrogens is 542 g/mol. The number of halogens is 3. The molecule has 2 aromatic carbocycles. The fraction of sp³-hybridized carbons (Fsp3) is 0.115. The SMILES string of the molecule is O=C1CC(c2ccsc2)(c2cccc(Oc3ccc(F)c(Cl)c3)n2)N(S)C(=O)C1c1ccccc1Cl.